The molecule has 0 atom stereocenters. The molecule has 0 aliphatic rings. The highest BCUT2D eigenvalue weighted by atomic mass is 35.5. The van der Waals surface area contributed by atoms with Gasteiger partial charge in [-0.25, -0.2) is 4.98 Å². The van der Waals surface area contributed by atoms with E-state index in [0.29, 0.717) is 23.5 Å². The lowest BCUT2D eigenvalue weighted by molar-refractivity contribution is 0.648. The number of rotatable bonds is 3. The van der Waals surface area contributed by atoms with Gasteiger partial charge in [-0.2, -0.15) is 5.10 Å². The van der Waals surface area contributed by atoms with Crippen LogP contribution in [0.5, 0.6) is 0 Å². The second kappa shape index (κ2) is 4.02. The number of fused-ring (bicyclic) bond motifs is 1. The minimum absolute atomic E-state index is 0.0572. The maximum absolute atomic E-state index is 11.9. The zero-order chi connectivity index (χ0) is 10.8. The summed E-state index contributed by atoms with van der Waals surface area (Å²) in [5, 5.41) is 4.54. The smallest absolute Gasteiger partial charge is 0.264 e. The van der Waals surface area contributed by atoms with Crippen LogP contribution in [-0.4, -0.2) is 25.2 Å². The third-order valence-electron chi connectivity index (χ3n) is 2.25. The summed E-state index contributed by atoms with van der Waals surface area (Å²) in [6.45, 7) is 0.597. The predicted octanol–water partition coefficient (Wildman–Crippen LogP) is 0.759. The number of aromatic nitrogens is 4. The van der Waals surface area contributed by atoms with Crippen LogP contribution in [0.2, 0.25) is 0 Å². The van der Waals surface area contributed by atoms with Crippen molar-refractivity contribution in [1.29, 1.82) is 0 Å². The Morgan fingerprint density at radius 2 is 2.33 bits per heavy atom. The normalized spacial score (nSPS) is 11.1. The molecule has 0 saturated carbocycles. The molecule has 0 aliphatic carbocycles. The van der Waals surface area contributed by atoms with Crippen LogP contribution in [0.15, 0.2) is 17.3 Å². The summed E-state index contributed by atoms with van der Waals surface area (Å²) in [7, 11) is 1.76. The van der Waals surface area contributed by atoms with Gasteiger partial charge in [0.25, 0.3) is 5.56 Å². The third-order valence-corrected chi connectivity index (χ3v) is 2.52. The van der Waals surface area contributed by atoms with E-state index in [2.05, 4.69) is 10.1 Å². The Morgan fingerprint density at radius 3 is 3.07 bits per heavy atom. The number of halogens is 1. The van der Waals surface area contributed by atoms with Crippen LogP contribution in [0.1, 0.15) is 6.42 Å². The number of hydrogen-bond acceptors (Lipinski definition) is 3. The molecule has 0 aliphatic heterocycles. The number of nitrogens with zero attached hydrogens (tertiary/aromatic N) is 4. The zero-order valence-electron chi connectivity index (χ0n) is 8.35. The predicted molar refractivity (Wildman–Crippen MR) is 58.1 cm³/mol. The molecule has 2 rings (SSSR count). The van der Waals surface area contributed by atoms with E-state index in [4.69, 9.17) is 11.6 Å². The van der Waals surface area contributed by atoms with Crippen molar-refractivity contribution in [2.24, 2.45) is 7.05 Å². The Hall–Kier alpha value is -1.36. The molecule has 0 amide bonds. The quantitative estimate of drug-likeness (QED) is 0.726. The molecule has 6 heteroatoms. The fraction of sp³-hybridized carbons (Fsp3) is 0.444. The average Bonchev–Trinajstić information content (AvgIpc) is 2.61. The second-order valence-corrected chi connectivity index (χ2v) is 3.67. The Labute approximate surface area is 91.3 Å². The van der Waals surface area contributed by atoms with Crippen LogP contribution in [-0.2, 0) is 13.6 Å². The zero-order valence-corrected chi connectivity index (χ0v) is 9.11. The number of alkyl halides is 1. The topological polar surface area (TPSA) is 52.7 Å². The third kappa shape index (κ3) is 1.74. The van der Waals surface area contributed by atoms with E-state index in [9.17, 15) is 4.79 Å². The highest BCUT2D eigenvalue weighted by molar-refractivity contribution is 6.17. The Morgan fingerprint density at radius 1 is 1.53 bits per heavy atom. The maximum atomic E-state index is 11.9. The molecule has 5 nitrogen and oxygen atoms in total. The lowest BCUT2D eigenvalue weighted by Gasteiger charge is -2.02. The molecule has 0 saturated heterocycles. The summed E-state index contributed by atoms with van der Waals surface area (Å²) in [4.78, 5) is 16.0. The highest BCUT2D eigenvalue weighted by Gasteiger charge is 2.06. The van der Waals surface area contributed by atoms with Crippen LogP contribution >= 0.6 is 11.6 Å². The number of aryl methyl sites for hydroxylation is 2. The van der Waals surface area contributed by atoms with Crippen molar-refractivity contribution in [2.45, 2.75) is 13.0 Å². The largest absolute Gasteiger partial charge is 0.299 e. The minimum Gasteiger partial charge on any atom is -0.299 e. The molecule has 0 aromatic carbocycles. The van der Waals surface area contributed by atoms with Gasteiger partial charge in [0.15, 0.2) is 5.65 Å². The first-order valence-electron chi connectivity index (χ1n) is 4.67. The van der Waals surface area contributed by atoms with Crippen LogP contribution in [0.3, 0.4) is 0 Å². The van der Waals surface area contributed by atoms with Crippen molar-refractivity contribution in [1.82, 2.24) is 19.3 Å². The van der Waals surface area contributed by atoms with Gasteiger partial charge >= 0.3 is 0 Å². The van der Waals surface area contributed by atoms with Crippen molar-refractivity contribution in [2.75, 3.05) is 5.88 Å². The van der Waals surface area contributed by atoms with E-state index in [1.54, 1.807) is 28.8 Å². The minimum atomic E-state index is -0.0572. The molecule has 0 bridgehead atoms. The second-order valence-electron chi connectivity index (χ2n) is 3.29. The summed E-state index contributed by atoms with van der Waals surface area (Å²) < 4.78 is 3.15. The Bertz CT molecular complexity index is 530. The fourth-order valence-electron chi connectivity index (χ4n) is 1.46. The molecule has 0 unspecified atom stereocenters. The van der Waals surface area contributed by atoms with Crippen molar-refractivity contribution in [3.8, 4) is 0 Å². The monoisotopic (exact) mass is 226 g/mol. The first kappa shape index (κ1) is 10.2. The van der Waals surface area contributed by atoms with Crippen molar-refractivity contribution >= 4 is 22.6 Å². The van der Waals surface area contributed by atoms with Gasteiger partial charge in [-0.1, -0.05) is 0 Å². The molecular formula is C9H11ClN4O. The van der Waals surface area contributed by atoms with Gasteiger partial charge < -0.3 is 0 Å². The molecule has 15 heavy (non-hydrogen) atoms. The van der Waals surface area contributed by atoms with E-state index in [-0.39, 0.29) is 5.56 Å². The number of hydrogen-bond donors (Lipinski definition) is 0. The SMILES string of the molecule is Cn1ncc2c(=O)n(CCCCl)cnc21. The van der Waals surface area contributed by atoms with Gasteiger partial charge in [-0.15, -0.1) is 11.6 Å². The van der Waals surface area contributed by atoms with Crippen LogP contribution in [0.4, 0.5) is 0 Å². The van der Waals surface area contributed by atoms with Gasteiger partial charge in [-0.3, -0.25) is 14.0 Å². The molecular weight excluding hydrogens is 216 g/mol. The molecule has 0 fully saturated rings. The lowest BCUT2D eigenvalue weighted by atomic mass is 10.4. The van der Waals surface area contributed by atoms with Crippen LogP contribution < -0.4 is 5.56 Å². The summed E-state index contributed by atoms with van der Waals surface area (Å²) in [5.41, 5.74) is 0.556. The van der Waals surface area contributed by atoms with Gasteiger partial charge in [-0.05, 0) is 6.42 Å². The Kier molecular flexibility index (Phi) is 2.73. The van der Waals surface area contributed by atoms with Gasteiger partial charge in [0.05, 0.1) is 12.5 Å². The summed E-state index contributed by atoms with van der Waals surface area (Å²) in [6.07, 6.45) is 3.84. The van der Waals surface area contributed by atoms with E-state index in [1.165, 1.54) is 0 Å². The van der Waals surface area contributed by atoms with E-state index >= 15 is 0 Å². The van der Waals surface area contributed by atoms with Gasteiger partial charge in [0.2, 0.25) is 0 Å². The first-order chi connectivity index (χ1) is 7.24. The summed E-state index contributed by atoms with van der Waals surface area (Å²) in [5.74, 6) is 0.539. The van der Waals surface area contributed by atoms with Crippen LogP contribution in [0.25, 0.3) is 11.0 Å². The van der Waals surface area contributed by atoms with E-state index in [1.807, 2.05) is 0 Å². The lowest BCUT2D eigenvalue weighted by Crippen LogP contribution is -2.20. The van der Waals surface area contributed by atoms with E-state index < -0.39 is 0 Å². The highest BCUT2D eigenvalue weighted by Crippen LogP contribution is 2.03. The summed E-state index contributed by atoms with van der Waals surface area (Å²) >= 11 is 5.57. The molecule has 2 heterocycles. The van der Waals surface area contributed by atoms with Crippen LogP contribution in [0, 0.1) is 0 Å². The first-order valence-corrected chi connectivity index (χ1v) is 5.20. The molecule has 0 spiro atoms. The molecule has 80 valence electrons. The van der Waals surface area contributed by atoms with E-state index in [0.717, 1.165) is 6.42 Å². The standard InChI is InChI=1S/C9H11ClN4O/c1-13-8-7(5-12-13)9(15)14(6-11-8)4-2-3-10/h5-6H,2-4H2,1H3. The summed E-state index contributed by atoms with van der Waals surface area (Å²) in [6, 6.07) is 0. The van der Waals surface area contributed by atoms with Gasteiger partial charge in [0, 0.05) is 19.5 Å². The maximum Gasteiger partial charge on any atom is 0.264 e. The molecule has 2 aromatic rings. The molecule has 2 aromatic heterocycles. The average molecular weight is 227 g/mol. The molecule has 0 N–H and O–H groups in total. The van der Waals surface area contributed by atoms with Crippen molar-refractivity contribution in [3.63, 3.8) is 0 Å². The van der Waals surface area contributed by atoms with Crippen molar-refractivity contribution < 1.29 is 0 Å². The fourth-order valence-corrected chi connectivity index (χ4v) is 1.58. The van der Waals surface area contributed by atoms with Gasteiger partial charge in [0.1, 0.15) is 5.39 Å². The Balaban J connectivity index is 2.51. The molecule has 0 radical (unpaired) electrons. The van der Waals surface area contributed by atoms with Crippen molar-refractivity contribution in [3.05, 3.63) is 22.9 Å².